The molecular formula is C20H17N5O. The first-order valence-electron chi connectivity index (χ1n) is 8.26. The van der Waals surface area contributed by atoms with E-state index in [-0.39, 0.29) is 5.91 Å². The molecule has 0 unspecified atom stereocenters. The molecule has 26 heavy (non-hydrogen) atoms. The number of carbonyl (C=O) groups is 1. The summed E-state index contributed by atoms with van der Waals surface area (Å²) in [6, 6.07) is 15.5. The van der Waals surface area contributed by atoms with Gasteiger partial charge in [0.25, 0.3) is 0 Å². The minimum Gasteiger partial charge on any atom is -0.326 e. The molecule has 0 aliphatic heterocycles. The lowest BCUT2D eigenvalue weighted by Gasteiger charge is -2.10. The Morgan fingerprint density at radius 3 is 2.62 bits per heavy atom. The largest absolute Gasteiger partial charge is 0.326 e. The number of benzene rings is 1. The lowest BCUT2D eigenvalue weighted by molar-refractivity contribution is -0.114. The van der Waals surface area contributed by atoms with Gasteiger partial charge in [-0.25, -0.2) is 4.98 Å². The van der Waals surface area contributed by atoms with E-state index in [9.17, 15) is 4.79 Å². The molecule has 128 valence electrons. The fraction of sp³-hybridized carbons (Fsp3) is 0.100. The summed E-state index contributed by atoms with van der Waals surface area (Å²) in [5.74, 6) is -0.117. The van der Waals surface area contributed by atoms with E-state index < -0.39 is 0 Å². The van der Waals surface area contributed by atoms with Crippen LogP contribution in [0.25, 0.3) is 33.5 Å². The van der Waals surface area contributed by atoms with E-state index in [4.69, 9.17) is 4.98 Å². The van der Waals surface area contributed by atoms with E-state index in [1.165, 1.54) is 6.92 Å². The van der Waals surface area contributed by atoms with Crippen LogP contribution in [-0.2, 0) is 4.79 Å². The lowest BCUT2D eigenvalue weighted by Crippen LogP contribution is -2.05. The summed E-state index contributed by atoms with van der Waals surface area (Å²) >= 11 is 0. The number of amides is 1. The smallest absolute Gasteiger partial charge is 0.221 e. The third-order valence-electron chi connectivity index (χ3n) is 4.04. The van der Waals surface area contributed by atoms with Crippen molar-refractivity contribution < 1.29 is 4.79 Å². The van der Waals surface area contributed by atoms with Crippen LogP contribution < -0.4 is 5.32 Å². The molecule has 0 spiro atoms. The molecular weight excluding hydrogens is 326 g/mol. The SMILES string of the molecule is CC(=O)Nc1ccc2c(-c3ccccn3)cc(-c3cc(C)[nH]n3)nc2c1. The van der Waals surface area contributed by atoms with Crippen molar-refractivity contribution in [1.82, 2.24) is 20.2 Å². The Bertz CT molecular complexity index is 1100. The second-order valence-corrected chi connectivity index (χ2v) is 6.12. The van der Waals surface area contributed by atoms with Gasteiger partial charge in [-0.3, -0.25) is 14.9 Å². The van der Waals surface area contributed by atoms with Crippen LogP contribution in [-0.4, -0.2) is 26.1 Å². The molecule has 0 saturated carbocycles. The highest BCUT2D eigenvalue weighted by Gasteiger charge is 2.13. The van der Waals surface area contributed by atoms with Crippen molar-refractivity contribution in [3.05, 3.63) is 60.4 Å². The second-order valence-electron chi connectivity index (χ2n) is 6.12. The molecule has 0 radical (unpaired) electrons. The van der Waals surface area contributed by atoms with E-state index in [2.05, 4.69) is 20.5 Å². The quantitative estimate of drug-likeness (QED) is 0.590. The molecule has 0 fully saturated rings. The fourth-order valence-corrected chi connectivity index (χ4v) is 2.92. The zero-order valence-electron chi connectivity index (χ0n) is 14.4. The first-order valence-corrected chi connectivity index (χ1v) is 8.26. The monoisotopic (exact) mass is 343 g/mol. The molecule has 1 amide bonds. The van der Waals surface area contributed by atoms with Crippen LogP contribution in [0.2, 0.25) is 0 Å². The molecule has 0 bridgehead atoms. The minimum absolute atomic E-state index is 0.117. The van der Waals surface area contributed by atoms with Crippen LogP contribution in [0.1, 0.15) is 12.6 Å². The summed E-state index contributed by atoms with van der Waals surface area (Å²) in [6.45, 7) is 3.44. The summed E-state index contributed by atoms with van der Waals surface area (Å²) < 4.78 is 0. The van der Waals surface area contributed by atoms with Crippen molar-refractivity contribution in [2.24, 2.45) is 0 Å². The van der Waals surface area contributed by atoms with Gasteiger partial charge in [0.1, 0.15) is 5.69 Å². The normalized spacial score (nSPS) is 10.8. The van der Waals surface area contributed by atoms with Gasteiger partial charge >= 0.3 is 0 Å². The van der Waals surface area contributed by atoms with E-state index >= 15 is 0 Å². The van der Waals surface area contributed by atoms with Crippen molar-refractivity contribution in [1.29, 1.82) is 0 Å². The topological polar surface area (TPSA) is 83.6 Å². The summed E-state index contributed by atoms with van der Waals surface area (Å²) in [7, 11) is 0. The highest BCUT2D eigenvalue weighted by molar-refractivity contribution is 5.99. The molecule has 0 aliphatic rings. The fourth-order valence-electron chi connectivity index (χ4n) is 2.92. The molecule has 0 atom stereocenters. The summed E-state index contributed by atoms with van der Waals surface area (Å²) in [5.41, 5.74) is 5.80. The van der Waals surface area contributed by atoms with E-state index in [1.54, 1.807) is 6.20 Å². The first-order chi connectivity index (χ1) is 12.6. The van der Waals surface area contributed by atoms with Crippen molar-refractivity contribution in [2.45, 2.75) is 13.8 Å². The predicted octanol–water partition coefficient (Wildman–Crippen LogP) is 3.95. The average Bonchev–Trinajstić information content (AvgIpc) is 3.07. The summed E-state index contributed by atoms with van der Waals surface area (Å²) in [4.78, 5) is 20.6. The Balaban J connectivity index is 1.96. The number of carbonyl (C=O) groups excluding carboxylic acids is 1. The third kappa shape index (κ3) is 3.04. The van der Waals surface area contributed by atoms with Crippen LogP contribution in [0.3, 0.4) is 0 Å². The van der Waals surface area contributed by atoms with Crippen molar-refractivity contribution in [3.63, 3.8) is 0 Å². The number of nitrogens with one attached hydrogen (secondary N) is 2. The van der Waals surface area contributed by atoms with E-state index in [0.717, 1.165) is 39.2 Å². The van der Waals surface area contributed by atoms with Crippen molar-refractivity contribution >= 4 is 22.5 Å². The Kier molecular flexibility index (Phi) is 3.93. The number of H-pyrrole nitrogens is 1. The number of rotatable bonds is 3. The van der Waals surface area contributed by atoms with E-state index in [0.29, 0.717) is 5.69 Å². The number of fused-ring (bicyclic) bond motifs is 1. The zero-order chi connectivity index (χ0) is 18.1. The van der Waals surface area contributed by atoms with Gasteiger partial charge in [0, 0.05) is 35.5 Å². The van der Waals surface area contributed by atoms with Gasteiger partial charge in [-0.15, -0.1) is 0 Å². The highest BCUT2D eigenvalue weighted by atomic mass is 16.1. The lowest BCUT2D eigenvalue weighted by atomic mass is 10.0. The zero-order valence-corrected chi connectivity index (χ0v) is 14.4. The molecule has 4 rings (SSSR count). The molecule has 3 heterocycles. The van der Waals surface area contributed by atoms with Gasteiger partial charge in [0.05, 0.1) is 16.9 Å². The molecule has 3 aromatic heterocycles. The van der Waals surface area contributed by atoms with E-state index in [1.807, 2.05) is 55.5 Å². The van der Waals surface area contributed by atoms with Gasteiger partial charge in [-0.1, -0.05) is 12.1 Å². The number of aromatic amines is 1. The third-order valence-corrected chi connectivity index (χ3v) is 4.04. The van der Waals surface area contributed by atoms with Crippen molar-refractivity contribution in [3.8, 4) is 22.6 Å². The maximum atomic E-state index is 11.4. The van der Waals surface area contributed by atoms with Crippen LogP contribution in [0.5, 0.6) is 0 Å². The maximum absolute atomic E-state index is 11.4. The number of anilines is 1. The Morgan fingerprint density at radius 2 is 1.92 bits per heavy atom. The number of hydrogen-bond acceptors (Lipinski definition) is 4. The summed E-state index contributed by atoms with van der Waals surface area (Å²) in [6.07, 6.45) is 1.77. The van der Waals surface area contributed by atoms with Crippen molar-refractivity contribution in [2.75, 3.05) is 5.32 Å². The van der Waals surface area contributed by atoms with Crippen LogP contribution in [0, 0.1) is 6.92 Å². The van der Waals surface area contributed by atoms with Gasteiger partial charge in [0.15, 0.2) is 0 Å². The highest BCUT2D eigenvalue weighted by Crippen LogP contribution is 2.32. The van der Waals surface area contributed by atoms with Crippen LogP contribution >= 0.6 is 0 Å². The summed E-state index contributed by atoms with van der Waals surface area (Å²) in [5, 5.41) is 11.0. The number of hydrogen-bond donors (Lipinski definition) is 2. The molecule has 6 heteroatoms. The Hall–Kier alpha value is -3.54. The number of nitrogens with zero attached hydrogens (tertiary/aromatic N) is 3. The first kappa shape index (κ1) is 16.0. The average molecular weight is 343 g/mol. The molecule has 6 nitrogen and oxygen atoms in total. The van der Waals surface area contributed by atoms with Crippen LogP contribution in [0.15, 0.2) is 54.7 Å². The molecule has 2 N–H and O–H groups in total. The molecule has 0 aliphatic carbocycles. The maximum Gasteiger partial charge on any atom is 0.221 e. The van der Waals surface area contributed by atoms with Gasteiger partial charge in [0.2, 0.25) is 5.91 Å². The predicted molar refractivity (Wildman–Crippen MR) is 102 cm³/mol. The Labute approximate surface area is 150 Å². The minimum atomic E-state index is -0.117. The number of aryl methyl sites for hydroxylation is 1. The molecule has 0 saturated heterocycles. The number of aromatic nitrogens is 4. The van der Waals surface area contributed by atoms with Gasteiger partial charge in [-0.05, 0) is 43.3 Å². The Morgan fingerprint density at radius 1 is 1.04 bits per heavy atom. The standard InChI is InChI=1S/C20H17N5O/c1-12-9-20(25-24-12)19-11-16(17-5-3-4-8-21-17)15-7-6-14(22-13(2)26)10-18(15)23-19/h3-11H,1-2H3,(H,22,26)(H,24,25). The number of pyridine rings is 2. The van der Waals surface area contributed by atoms with Crippen LogP contribution in [0.4, 0.5) is 5.69 Å². The van der Waals surface area contributed by atoms with Gasteiger partial charge < -0.3 is 5.32 Å². The molecule has 4 aromatic rings. The molecule has 1 aromatic carbocycles. The second kappa shape index (κ2) is 6.40. The van der Waals surface area contributed by atoms with Gasteiger partial charge in [-0.2, -0.15) is 5.10 Å².